The summed E-state index contributed by atoms with van der Waals surface area (Å²) in [7, 11) is 0. The second-order valence-electron chi connectivity index (χ2n) is 4.77. The van der Waals surface area contributed by atoms with Crippen LogP contribution in [0.2, 0.25) is 0 Å². The van der Waals surface area contributed by atoms with Crippen LogP contribution in [0, 0.1) is 0 Å². The maximum atomic E-state index is 11.8. The highest BCUT2D eigenvalue weighted by Crippen LogP contribution is 2.52. The van der Waals surface area contributed by atoms with Crippen LogP contribution in [0.1, 0.15) is 5.56 Å². The molecule has 2 nitrogen and oxygen atoms in total. The van der Waals surface area contributed by atoms with Crippen molar-refractivity contribution in [1.82, 2.24) is 0 Å². The summed E-state index contributed by atoms with van der Waals surface area (Å²) in [5.41, 5.74) is 0.831. The Morgan fingerprint density at radius 2 is 1.68 bits per heavy atom. The summed E-state index contributed by atoms with van der Waals surface area (Å²) in [6.07, 6.45) is 11.4. The largest absolute Gasteiger partial charge is 0.465 e. The number of carbonyl (C=O) groups excluding carboxylic acids is 1. The molecular formula is C21H18O2S2. The molecule has 0 atom stereocenters. The summed E-state index contributed by atoms with van der Waals surface area (Å²) in [5.74, 6) is 0.218. The van der Waals surface area contributed by atoms with Crippen molar-refractivity contribution in [3.63, 3.8) is 0 Å². The van der Waals surface area contributed by atoms with Gasteiger partial charge < -0.3 is 4.74 Å². The first-order valence-electron chi connectivity index (χ1n) is 7.45. The molecule has 0 unspecified atom stereocenters. The molecule has 0 radical (unpaired) electrons. The summed E-state index contributed by atoms with van der Waals surface area (Å²) in [6, 6.07) is 5.90. The molecule has 0 spiro atoms. The van der Waals surface area contributed by atoms with Crippen LogP contribution in [-0.4, -0.2) is 5.78 Å². The van der Waals surface area contributed by atoms with Gasteiger partial charge in [-0.15, -0.1) is 0 Å². The highest BCUT2D eigenvalue weighted by Gasteiger charge is 2.23. The predicted octanol–water partition coefficient (Wildman–Crippen LogP) is 6.28. The molecule has 1 aromatic carbocycles. The van der Waals surface area contributed by atoms with E-state index in [0.29, 0.717) is 5.76 Å². The molecule has 0 saturated heterocycles. The van der Waals surface area contributed by atoms with Crippen molar-refractivity contribution in [2.45, 2.75) is 9.79 Å². The molecule has 25 heavy (non-hydrogen) atoms. The Morgan fingerprint density at radius 1 is 1.00 bits per heavy atom. The fraction of sp³-hybridized carbons (Fsp3) is 0. The number of hydrogen-bond donors (Lipinski definition) is 0. The molecule has 0 aromatic heterocycles. The van der Waals surface area contributed by atoms with E-state index in [9.17, 15) is 4.79 Å². The summed E-state index contributed by atoms with van der Waals surface area (Å²) in [5, 5.41) is 0. The number of rotatable bonds is 7. The van der Waals surface area contributed by atoms with E-state index in [2.05, 4.69) is 26.3 Å². The van der Waals surface area contributed by atoms with E-state index in [1.54, 1.807) is 35.7 Å². The van der Waals surface area contributed by atoms with Gasteiger partial charge in [0.1, 0.15) is 5.76 Å². The molecule has 1 aromatic rings. The molecule has 0 fully saturated rings. The third-order valence-corrected chi connectivity index (χ3v) is 5.76. The molecule has 0 N–H and O–H groups in total. The lowest BCUT2D eigenvalue weighted by Gasteiger charge is -2.23. The second-order valence-corrected chi connectivity index (χ2v) is 6.91. The van der Waals surface area contributed by atoms with Crippen LogP contribution >= 0.6 is 23.5 Å². The quantitative estimate of drug-likeness (QED) is 0.419. The van der Waals surface area contributed by atoms with Crippen LogP contribution in [0.15, 0.2) is 107 Å². The molecule has 1 aliphatic heterocycles. The van der Waals surface area contributed by atoms with Crippen LogP contribution in [0.25, 0.3) is 5.76 Å². The lowest BCUT2D eigenvalue weighted by molar-refractivity contribution is -0.110. The lowest BCUT2D eigenvalue weighted by atomic mass is 10.1. The lowest BCUT2D eigenvalue weighted by Crippen LogP contribution is -1.99. The first-order valence-corrected chi connectivity index (χ1v) is 9.08. The van der Waals surface area contributed by atoms with E-state index in [0.717, 1.165) is 25.2 Å². The first kappa shape index (κ1) is 18.9. The topological polar surface area (TPSA) is 26.3 Å². The fourth-order valence-electron chi connectivity index (χ4n) is 2.12. The van der Waals surface area contributed by atoms with E-state index < -0.39 is 0 Å². The molecule has 126 valence electrons. The highest BCUT2D eigenvalue weighted by molar-refractivity contribution is 8.11. The number of benzene rings is 1. The van der Waals surface area contributed by atoms with Crippen LogP contribution in [-0.2, 0) is 9.53 Å². The van der Waals surface area contributed by atoms with Crippen LogP contribution in [0.5, 0.6) is 0 Å². The Labute approximate surface area is 157 Å². The number of fused-ring (bicyclic) bond motifs is 1. The van der Waals surface area contributed by atoms with Crippen molar-refractivity contribution < 1.29 is 9.53 Å². The fourth-order valence-corrected chi connectivity index (χ4v) is 4.54. The van der Waals surface area contributed by atoms with Crippen molar-refractivity contribution >= 4 is 35.1 Å². The average Bonchev–Trinajstić information content (AvgIpc) is 2.61. The highest BCUT2D eigenvalue weighted by atomic mass is 32.2. The van der Waals surface area contributed by atoms with Gasteiger partial charge in [0.15, 0.2) is 5.78 Å². The summed E-state index contributed by atoms with van der Waals surface area (Å²) in [4.78, 5) is 16.0. The van der Waals surface area contributed by atoms with Crippen LogP contribution in [0.4, 0.5) is 0 Å². The minimum absolute atomic E-state index is 0.225. The molecule has 1 aliphatic rings. The van der Waals surface area contributed by atoms with E-state index in [1.807, 2.05) is 30.4 Å². The zero-order valence-corrected chi connectivity index (χ0v) is 15.4. The minimum Gasteiger partial charge on any atom is -0.465 e. The number of ketones is 1. The molecule has 0 amide bonds. The molecule has 0 aliphatic carbocycles. The SMILES string of the molecule is C=C/C=C1/Sc2cccc(/C(=C/C(=O)C=C)OC=C)c2S/C1=C/C=C. The molecule has 1 heterocycles. The molecule has 0 saturated carbocycles. The zero-order valence-electron chi connectivity index (χ0n) is 13.7. The Bertz CT molecular complexity index is 826. The predicted molar refractivity (Wildman–Crippen MR) is 109 cm³/mol. The standard InChI is InChI=1S/C21H18O2S2/c1-5-10-18-19(11-6-2)25-21-16(12-9-13-20(21)24-18)17(23-8-4)14-15(22)7-3/h5-14H,1-4H2/b17-14-,18-10+,19-11+. The van der Waals surface area contributed by atoms with Gasteiger partial charge in [-0.3, -0.25) is 4.79 Å². The number of hydrogen-bond acceptors (Lipinski definition) is 4. The van der Waals surface area contributed by atoms with Gasteiger partial charge in [0.25, 0.3) is 0 Å². The minimum atomic E-state index is -0.225. The maximum Gasteiger partial charge on any atom is 0.181 e. The maximum absolute atomic E-state index is 11.8. The van der Waals surface area contributed by atoms with Crippen LogP contribution in [0.3, 0.4) is 0 Å². The van der Waals surface area contributed by atoms with Gasteiger partial charge in [-0.1, -0.05) is 74.1 Å². The second kappa shape index (κ2) is 9.16. The summed E-state index contributed by atoms with van der Waals surface area (Å²) < 4.78 is 5.50. The monoisotopic (exact) mass is 366 g/mol. The third-order valence-electron chi connectivity index (χ3n) is 3.14. The van der Waals surface area contributed by atoms with E-state index in [-0.39, 0.29) is 5.78 Å². The summed E-state index contributed by atoms with van der Waals surface area (Å²) in [6.45, 7) is 14.7. The van der Waals surface area contributed by atoms with Crippen molar-refractivity contribution in [2.24, 2.45) is 0 Å². The molecule has 2 rings (SSSR count). The average molecular weight is 367 g/mol. The van der Waals surface area contributed by atoms with Crippen molar-refractivity contribution in [3.05, 3.63) is 103 Å². The van der Waals surface area contributed by atoms with E-state index >= 15 is 0 Å². The Balaban J connectivity index is 2.60. The molecule has 0 bridgehead atoms. The van der Waals surface area contributed by atoms with Gasteiger partial charge in [-0.05, 0) is 24.3 Å². The van der Waals surface area contributed by atoms with Crippen molar-refractivity contribution in [1.29, 1.82) is 0 Å². The van der Waals surface area contributed by atoms with E-state index in [4.69, 9.17) is 4.74 Å². The van der Waals surface area contributed by atoms with Crippen LogP contribution < -0.4 is 0 Å². The first-order chi connectivity index (χ1) is 12.1. The van der Waals surface area contributed by atoms with Gasteiger partial charge in [0.2, 0.25) is 0 Å². The molecular weight excluding hydrogens is 348 g/mol. The Hall–Kier alpha value is -2.43. The van der Waals surface area contributed by atoms with Gasteiger partial charge in [0, 0.05) is 31.2 Å². The smallest absolute Gasteiger partial charge is 0.181 e. The zero-order chi connectivity index (χ0) is 18.2. The number of thioether (sulfide) groups is 2. The number of carbonyl (C=O) groups is 1. The normalized spacial score (nSPS) is 16.9. The van der Waals surface area contributed by atoms with Gasteiger partial charge in [-0.2, -0.15) is 0 Å². The van der Waals surface area contributed by atoms with Gasteiger partial charge in [-0.25, -0.2) is 0 Å². The van der Waals surface area contributed by atoms with Gasteiger partial charge >= 0.3 is 0 Å². The van der Waals surface area contributed by atoms with E-state index in [1.165, 1.54) is 18.4 Å². The van der Waals surface area contributed by atoms with Crippen molar-refractivity contribution in [3.8, 4) is 0 Å². The number of ether oxygens (including phenoxy) is 1. The summed E-state index contributed by atoms with van der Waals surface area (Å²) >= 11 is 3.25. The van der Waals surface area contributed by atoms with Crippen molar-refractivity contribution in [2.75, 3.05) is 0 Å². The Morgan fingerprint density at radius 3 is 2.28 bits per heavy atom. The molecule has 4 heteroatoms. The number of allylic oxidation sites excluding steroid dienone is 6. The Kier molecular flexibility index (Phi) is 6.92. The third kappa shape index (κ3) is 4.56. The van der Waals surface area contributed by atoms with Gasteiger partial charge in [0.05, 0.1) is 6.26 Å².